The van der Waals surface area contributed by atoms with E-state index in [1.165, 1.54) is 5.56 Å². The molecule has 1 amide bonds. The Morgan fingerprint density at radius 2 is 1.92 bits per heavy atom. The van der Waals surface area contributed by atoms with Crippen LogP contribution in [0.2, 0.25) is 0 Å². The molecule has 1 atom stereocenters. The first-order valence-electron chi connectivity index (χ1n) is 8.75. The van der Waals surface area contributed by atoms with Gasteiger partial charge in [-0.15, -0.1) is 0 Å². The Kier molecular flexibility index (Phi) is 6.98. The van der Waals surface area contributed by atoms with E-state index in [1.807, 2.05) is 63.5 Å². The van der Waals surface area contributed by atoms with Crippen molar-refractivity contribution in [2.75, 3.05) is 27.7 Å². The van der Waals surface area contributed by atoms with Crippen molar-refractivity contribution in [2.24, 2.45) is 0 Å². The van der Waals surface area contributed by atoms with E-state index in [4.69, 9.17) is 4.74 Å². The van der Waals surface area contributed by atoms with E-state index < -0.39 is 0 Å². The van der Waals surface area contributed by atoms with Gasteiger partial charge >= 0.3 is 0 Å². The minimum absolute atomic E-state index is 0.0320. The number of carbonyl (C=O) groups excluding carboxylic acids is 1. The van der Waals surface area contributed by atoms with Gasteiger partial charge in [0.05, 0.1) is 13.2 Å². The first-order chi connectivity index (χ1) is 12.4. The van der Waals surface area contributed by atoms with Gasteiger partial charge in [-0.1, -0.05) is 42.0 Å². The standard InChI is InChI=1S/C22H28N2O2/c1-16-10-11-18(17(2)14-16)12-13-22(25)23-15-20(24(3)4)19-8-6-7-9-21(19)26-5/h6-14,20H,15H2,1-5H3,(H,23,25)/b13-12+. The van der Waals surface area contributed by atoms with Crippen molar-refractivity contribution in [3.63, 3.8) is 0 Å². The van der Waals surface area contributed by atoms with Crippen molar-refractivity contribution in [1.29, 1.82) is 0 Å². The van der Waals surface area contributed by atoms with Gasteiger partial charge in [0.25, 0.3) is 0 Å². The second-order valence-electron chi connectivity index (χ2n) is 6.66. The average Bonchev–Trinajstić information content (AvgIpc) is 2.61. The number of rotatable bonds is 7. The number of benzene rings is 2. The normalized spacial score (nSPS) is 12.4. The second kappa shape index (κ2) is 9.20. The van der Waals surface area contributed by atoms with Gasteiger partial charge in [0.15, 0.2) is 0 Å². The van der Waals surface area contributed by atoms with Crippen LogP contribution in [-0.4, -0.2) is 38.6 Å². The van der Waals surface area contributed by atoms with Crippen molar-refractivity contribution in [2.45, 2.75) is 19.9 Å². The maximum atomic E-state index is 12.3. The number of hydrogen-bond acceptors (Lipinski definition) is 3. The summed E-state index contributed by atoms with van der Waals surface area (Å²) in [4.78, 5) is 14.3. The van der Waals surface area contributed by atoms with E-state index in [2.05, 4.69) is 23.2 Å². The van der Waals surface area contributed by atoms with Crippen LogP contribution in [0.4, 0.5) is 0 Å². The highest BCUT2D eigenvalue weighted by Gasteiger charge is 2.18. The predicted octanol–water partition coefficient (Wildman–Crippen LogP) is 3.74. The van der Waals surface area contributed by atoms with Crippen LogP contribution in [0, 0.1) is 13.8 Å². The Balaban J connectivity index is 2.04. The number of para-hydroxylation sites is 1. The maximum Gasteiger partial charge on any atom is 0.244 e. The number of carbonyl (C=O) groups is 1. The summed E-state index contributed by atoms with van der Waals surface area (Å²) in [6, 6.07) is 14.1. The number of hydrogen-bond donors (Lipinski definition) is 1. The fourth-order valence-electron chi connectivity index (χ4n) is 2.95. The van der Waals surface area contributed by atoms with Crippen molar-refractivity contribution >= 4 is 12.0 Å². The molecule has 0 aromatic heterocycles. The van der Waals surface area contributed by atoms with Crippen LogP contribution in [0.3, 0.4) is 0 Å². The first-order valence-corrected chi connectivity index (χ1v) is 8.75. The molecule has 0 heterocycles. The van der Waals surface area contributed by atoms with Crippen LogP contribution in [-0.2, 0) is 4.79 Å². The van der Waals surface area contributed by atoms with Crippen LogP contribution in [0.1, 0.15) is 28.3 Å². The Bertz CT molecular complexity index is 781. The van der Waals surface area contributed by atoms with E-state index in [0.717, 1.165) is 22.4 Å². The molecule has 4 nitrogen and oxygen atoms in total. The molecule has 26 heavy (non-hydrogen) atoms. The lowest BCUT2D eigenvalue weighted by Crippen LogP contribution is -2.33. The second-order valence-corrected chi connectivity index (χ2v) is 6.66. The Morgan fingerprint density at radius 1 is 1.19 bits per heavy atom. The first kappa shape index (κ1) is 19.7. The van der Waals surface area contributed by atoms with Gasteiger partial charge in [-0.3, -0.25) is 4.79 Å². The Labute approximate surface area is 156 Å². The molecule has 0 saturated heterocycles. The van der Waals surface area contributed by atoms with Gasteiger partial charge in [-0.2, -0.15) is 0 Å². The third-order valence-electron chi connectivity index (χ3n) is 4.43. The number of likely N-dealkylation sites (N-methyl/N-ethyl adjacent to an activating group) is 1. The largest absolute Gasteiger partial charge is 0.496 e. The summed E-state index contributed by atoms with van der Waals surface area (Å²) in [6.07, 6.45) is 3.45. The highest BCUT2D eigenvalue weighted by atomic mass is 16.5. The van der Waals surface area contributed by atoms with Gasteiger partial charge in [0, 0.05) is 18.2 Å². The summed E-state index contributed by atoms with van der Waals surface area (Å²) >= 11 is 0. The van der Waals surface area contributed by atoms with Crippen molar-refractivity contribution in [1.82, 2.24) is 10.2 Å². The van der Waals surface area contributed by atoms with Crippen LogP contribution in [0.15, 0.2) is 48.5 Å². The summed E-state index contributed by atoms with van der Waals surface area (Å²) in [5.74, 6) is 0.720. The molecule has 0 bridgehead atoms. The van der Waals surface area contributed by atoms with Gasteiger partial charge < -0.3 is 15.0 Å². The summed E-state index contributed by atoms with van der Waals surface area (Å²) in [5, 5.41) is 2.99. The average molecular weight is 352 g/mol. The van der Waals surface area contributed by atoms with E-state index in [0.29, 0.717) is 6.54 Å². The Hall–Kier alpha value is -2.59. The molecule has 0 aliphatic heterocycles. The molecule has 2 rings (SSSR count). The third-order valence-corrected chi connectivity index (χ3v) is 4.43. The lowest BCUT2D eigenvalue weighted by Gasteiger charge is -2.26. The van der Waals surface area contributed by atoms with Gasteiger partial charge in [-0.05, 0) is 51.2 Å². The highest BCUT2D eigenvalue weighted by molar-refractivity contribution is 5.91. The number of amides is 1. The van der Waals surface area contributed by atoms with Crippen molar-refractivity contribution < 1.29 is 9.53 Å². The van der Waals surface area contributed by atoms with E-state index in [1.54, 1.807) is 13.2 Å². The molecule has 0 aliphatic carbocycles. The van der Waals surface area contributed by atoms with Crippen LogP contribution < -0.4 is 10.1 Å². The van der Waals surface area contributed by atoms with Crippen molar-refractivity contribution in [3.05, 3.63) is 70.8 Å². The summed E-state index contributed by atoms with van der Waals surface area (Å²) in [6.45, 7) is 4.62. The van der Waals surface area contributed by atoms with Crippen LogP contribution >= 0.6 is 0 Å². The van der Waals surface area contributed by atoms with Crippen LogP contribution in [0.25, 0.3) is 6.08 Å². The number of nitrogens with one attached hydrogen (secondary N) is 1. The minimum atomic E-state index is -0.105. The number of nitrogens with zero attached hydrogens (tertiary/aromatic N) is 1. The molecule has 0 aliphatic rings. The lowest BCUT2D eigenvalue weighted by atomic mass is 10.0. The molecule has 1 N–H and O–H groups in total. The zero-order chi connectivity index (χ0) is 19.1. The molecule has 0 saturated carbocycles. The monoisotopic (exact) mass is 352 g/mol. The third kappa shape index (κ3) is 5.20. The SMILES string of the molecule is COc1ccccc1C(CNC(=O)/C=C/c1ccc(C)cc1C)N(C)C. The van der Waals surface area contributed by atoms with Crippen LogP contribution in [0.5, 0.6) is 5.75 Å². The smallest absolute Gasteiger partial charge is 0.244 e. The minimum Gasteiger partial charge on any atom is -0.496 e. The molecule has 4 heteroatoms. The van der Waals surface area contributed by atoms with E-state index >= 15 is 0 Å². The molecule has 1 unspecified atom stereocenters. The molecule has 0 spiro atoms. The lowest BCUT2D eigenvalue weighted by molar-refractivity contribution is -0.116. The summed E-state index contributed by atoms with van der Waals surface area (Å²) in [5.41, 5.74) is 4.49. The zero-order valence-corrected chi connectivity index (χ0v) is 16.2. The molecule has 0 radical (unpaired) electrons. The van der Waals surface area contributed by atoms with E-state index in [-0.39, 0.29) is 11.9 Å². The molecule has 138 valence electrons. The highest BCUT2D eigenvalue weighted by Crippen LogP contribution is 2.27. The summed E-state index contributed by atoms with van der Waals surface area (Å²) < 4.78 is 5.46. The molecular weight excluding hydrogens is 324 g/mol. The van der Waals surface area contributed by atoms with E-state index in [9.17, 15) is 4.79 Å². The predicted molar refractivity (Wildman–Crippen MR) is 107 cm³/mol. The number of methoxy groups -OCH3 is 1. The number of ether oxygens (including phenoxy) is 1. The fourth-order valence-corrected chi connectivity index (χ4v) is 2.95. The Morgan fingerprint density at radius 3 is 2.58 bits per heavy atom. The molecule has 0 fully saturated rings. The summed E-state index contributed by atoms with van der Waals surface area (Å²) in [7, 11) is 5.65. The van der Waals surface area contributed by atoms with Gasteiger partial charge in [0.1, 0.15) is 5.75 Å². The van der Waals surface area contributed by atoms with Gasteiger partial charge in [-0.25, -0.2) is 0 Å². The number of aryl methyl sites for hydroxylation is 2. The molecule has 2 aromatic carbocycles. The molecule has 2 aromatic rings. The van der Waals surface area contributed by atoms with Crippen molar-refractivity contribution in [3.8, 4) is 5.75 Å². The zero-order valence-electron chi connectivity index (χ0n) is 16.2. The maximum absolute atomic E-state index is 12.3. The fraction of sp³-hybridized carbons (Fsp3) is 0.318. The topological polar surface area (TPSA) is 41.6 Å². The molecular formula is C22H28N2O2. The quantitative estimate of drug-likeness (QED) is 0.772. The van der Waals surface area contributed by atoms with Gasteiger partial charge in [0.2, 0.25) is 5.91 Å².